The standard InChI is InChI=1S/C24H14BrN3O7/c25-13-2-4-14(5-3-13)26-20(12-1-8-18-19(9-12)35-11-34-18)21(24(26)31)27-22(29)16-7-6-15(28(32)33)10-17(16)23(27)30/h1-10,20-21H,11H2/t20-,21+/m1/s1. The van der Waals surface area contributed by atoms with Gasteiger partial charge in [0.15, 0.2) is 11.5 Å². The van der Waals surface area contributed by atoms with Gasteiger partial charge in [-0.1, -0.05) is 22.0 Å². The zero-order chi connectivity index (χ0) is 24.4. The normalized spacial score (nSPS) is 20.2. The maximum Gasteiger partial charge on any atom is 0.270 e. The van der Waals surface area contributed by atoms with Gasteiger partial charge in [0, 0.05) is 22.3 Å². The van der Waals surface area contributed by atoms with Crippen LogP contribution in [0.5, 0.6) is 11.5 Å². The lowest BCUT2D eigenvalue weighted by molar-refractivity contribution is -0.384. The van der Waals surface area contributed by atoms with Crippen molar-refractivity contribution in [2.45, 2.75) is 12.1 Å². The van der Waals surface area contributed by atoms with Gasteiger partial charge in [-0.15, -0.1) is 0 Å². The molecular formula is C24H14BrN3O7. The van der Waals surface area contributed by atoms with Gasteiger partial charge in [0.1, 0.15) is 6.04 Å². The monoisotopic (exact) mass is 535 g/mol. The molecule has 0 aromatic heterocycles. The summed E-state index contributed by atoms with van der Waals surface area (Å²) in [7, 11) is 0. The molecule has 0 unspecified atom stereocenters. The Hall–Kier alpha value is -4.25. The fourth-order valence-corrected chi connectivity index (χ4v) is 4.92. The van der Waals surface area contributed by atoms with Crippen molar-refractivity contribution in [2.75, 3.05) is 11.7 Å². The number of carbonyl (C=O) groups is 3. The predicted molar refractivity (Wildman–Crippen MR) is 124 cm³/mol. The highest BCUT2D eigenvalue weighted by molar-refractivity contribution is 9.10. The second kappa shape index (κ2) is 7.64. The van der Waals surface area contributed by atoms with Crippen molar-refractivity contribution >= 4 is 45.0 Å². The quantitative estimate of drug-likeness (QED) is 0.215. The Morgan fingerprint density at radius 1 is 0.829 bits per heavy atom. The number of amides is 3. The molecule has 2 atom stereocenters. The molecule has 3 amide bonds. The van der Waals surface area contributed by atoms with Gasteiger partial charge in [-0.3, -0.25) is 29.4 Å². The number of halogens is 1. The highest BCUT2D eigenvalue weighted by atomic mass is 79.9. The van der Waals surface area contributed by atoms with Gasteiger partial charge < -0.3 is 14.4 Å². The molecule has 174 valence electrons. The number of fused-ring (bicyclic) bond motifs is 2. The minimum atomic E-state index is -1.13. The number of anilines is 1. The first-order valence-electron chi connectivity index (χ1n) is 10.5. The van der Waals surface area contributed by atoms with E-state index in [1.54, 1.807) is 42.5 Å². The average molecular weight is 536 g/mol. The van der Waals surface area contributed by atoms with Gasteiger partial charge in [-0.2, -0.15) is 0 Å². The Balaban J connectivity index is 1.43. The van der Waals surface area contributed by atoms with E-state index in [2.05, 4.69) is 15.9 Å². The van der Waals surface area contributed by atoms with E-state index < -0.39 is 34.7 Å². The molecule has 0 aliphatic carbocycles. The third-order valence-corrected chi connectivity index (χ3v) is 6.83. The van der Waals surface area contributed by atoms with Gasteiger partial charge in [0.2, 0.25) is 6.79 Å². The number of nitrogens with zero attached hydrogens (tertiary/aromatic N) is 3. The smallest absolute Gasteiger partial charge is 0.270 e. The third kappa shape index (κ3) is 3.12. The zero-order valence-electron chi connectivity index (χ0n) is 17.7. The number of non-ortho nitro benzene ring substituents is 1. The number of carbonyl (C=O) groups excluding carboxylic acids is 3. The van der Waals surface area contributed by atoms with E-state index >= 15 is 0 Å². The van der Waals surface area contributed by atoms with Crippen LogP contribution in [0.1, 0.15) is 32.3 Å². The summed E-state index contributed by atoms with van der Waals surface area (Å²) in [6.07, 6.45) is 0. The molecule has 1 saturated heterocycles. The molecule has 3 aromatic carbocycles. The molecule has 3 aromatic rings. The number of ether oxygens (including phenoxy) is 2. The fourth-order valence-electron chi connectivity index (χ4n) is 4.66. The van der Waals surface area contributed by atoms with Crippen LogP contribution in [0.15, 0.2) is 65.1 Å². The van der Waals surface area contributed by atoms with E-state index in [-0.39, 0.29) is 23.6 Å². The lowest BCUT2D eigenvalue weighted by atomic mass is 9.86. The number of benzene rings is 3. The number of rotatable bonds is 4. The van der Waals surface area contributed by atoms with Crippen LogP contribution in [0.25, 0.3) is 0 Å². The van der Waals surface area contributed by atoms with Gasteiger partial charge in [-0.05, 0) is 48.0 Å². The second-order valence-electron chi connectivity index (χ2n) is 8.15. The lowest BCUT2D eigenvalue weighted by Crippen LogP contribution is -2.67. The first-order chi connectivity index (χ1) is 16.8. The molecule has 0 bridgehead atoms. The Labute approximate surface area is 205 Å². The topological polar surface area (TPSA) is 119 Å². The van der Waals surface area contributed by atoms with Crippen LogP contribution in [0, 0.1) is 10.1 Å². The summed E-state index contributed by atoms with van der Waals surface area (Å²) in [5.74, 6) is -0.805. The summed E-state index contributed by atoms with van der Waals surface area (Å²) in [6.45, 7) is 0.0689. The van der Waals surface area contributed by atoms with Crippen molar-refractivity contribution in [1.82, 2.24) is 4.90 Å². The molecule has 3 aliphatic heterocycles. The highest BCUT2D eigenvalue weighted by Gasteiger charge is 2.57. The van der Waals surface area contributed by atoms with Crippen LogP contribution >= 0.6 is 15.9 Å². The first kappa shape index (κ1) is 21.3. The fraction of sp³-hybridized carbons (Fsp3) is 0.125. The minimum Gasteiger partial charge on any atom is -0.454 e. The largest absolute Gasteiger partial charge is 0.454 e. The van der Waals surface area contributed by atoms with Crippen LogP contribution in [-0.2, 0) is 4.79 Å². The molecule has 0 spiro atoms. The molecule has 0 saturated carbocycles. The molecule has 3 aliphatic rings. The molecule has 3 heterocycles. The van der Waals surface area contributed by atoms with Gasteiger partial charge in [0.05, 0.1) is 22.1 Å². The van der Waals surface area contributed by atoms with E-state index in [1.807, 2.05) is 0 Å². The van der Waals surface area contributed by atoms with Crippen LogP contribution in [0.2, 0.25) is 0 Å². The van der Waals surface area contributed by atoms with Crippen LogP contribution in [-0.4, -0.2) is 40.4 Å². The average Bonchev–Trinajstić information content (AvgIpc) is 3.41. The Bertz CT molecular complexity index is 1460. The zero-order valence-corrected chi connectivity index (χ0v) is 19.3. The van der Waals surface area contributed by atoms with Crippen molar-refractivity contribution in [3.05, 3.63) is 91.9 Å². The summed E-state index contributed by atoms with van der Waals surface area (Å²) in [5.41, 5.74) is 0.854. The van der Waals surface area contributed by atoms with Crippen molar-refractivity contribution < 1.29 is 28.8 Å². The van der Waals surface area contributed by atoms with Gasteiger partial charge in [0.25, 0.3) is 23.4 Å². The minimum absolute atomic E-state index is 0.0277. The Morgan fingerprint density at radius 2 is 1.54 bits per heavy atom. The Kier molecular flexibility index (Phi) is 4.65. The summed E-state index contributed by atoms with van der Waals surface area (Å²) in [6, 6.07) is 13.9. The molecule has 0 N–H and O–H groups in total. The van der Waals surface area contributed by atoms with Crippen LogP contribution in [0.3, 0.4) is 0 Å². The summed E-state index contributed by atoms with van der Waals surface area (Å²) >= 11 is 3.38. The number of imide groups is 1. The number of hydrogen-bond acceptors (Lipinski definition) is 7. The first-order valence-corrected chi connectivity index (χ1v) is 11.3. The van der Waals surface area contributed by atoms with Crippen molar-refractivity contribution in [1.29, 1.82) is 0 Å². The van der Waals surface area contributed by atoms with Gasteiger partial charge in [-0.25, -0.2) is 0 Å². The van der Waals surface area contributed by atoms with Crippen molar-refractivity contribution in [3.63, 3.8) is 0 Å². The van der Waals surface area contributed by atoms with Crippen molar-refractivity contribution in [2.24, 2.45) is 0 Å². The summed E-state index contributed by atoms with van der Waals surface area (Å²) < 4.78 is 11.7. The SMILES string of the molecule is O=C1c2ccc([N+](=O)[O-])cc2C(=O)N1[C@@H]1C(=O)N(c2ccc(Br)cc2)[C@@H]1c1ccc2c(c1)OCO2. The van der Waals surface area contributed by atoms with Crippen LogP contribution in [0.4, 0.5) is 11.4 Å². The summed E-state index contributed by atoms with van der Waals surface area (Å²) in [4.78, 5) is 52.9. The highest BCUT2D eigenvalue weighted by Crippen LogP contribution is 2.46. The van der Waals surface area contributed by atoms with E-state index in [9.17, 15) is 24.5 Å². The second-order valence-corrected chi connectivity index (χ2v) is 9.07. The maximum atomic E-state index is 13.5. The number of nitro benzene ring substituents is 1. The maximum absolute atomic E-state index is 13.5. The number of β-lactam (4-membered cyclic amide) rings is 1. The predicted octanol–water partition coefficient (Wildman–Crippen LogP) is 3.84. The molecular weight excluding hydrogens is 522 g/mol. The van der Waals surface area contributed by atoms with Crippen molar-refractivity contribution in [3.8, 4) is 11.5 Å². The lowest BCUT2D eigenvalue weighted by Gasteiger charge is -2.49. The molecule has 1 fully saturated rings. The molecule has 6 rings (SSSR count). The number of nitro groups is 1. The van der Waals surface area contributed by atoms with E-state index in [4.69, 9.17) is 9.47 Å². The third-order valence-electron chi connectivity index (χ3n) is 6.30. The van der Waals surface area contributed by atoms with Gasteiger partial charge >= 0.3 is 0 Å². The summed E-state index contributed by atoms with van der Waals surface area (Å²) in [5, 5.41) is 11.2. The molecule has 10 nitrogen and oxygen atoms in total. The molecule has 35 heavy (non-hydrogen) atoms. The molecule has 11 heteroatoms. The van der Waals surface area contributed by atoms with Crippen LogP contribution < -0.4 is 14.4 Å². The van der Waals surface area contributed by atoms with E-state index in [1.165, 1.54) is 17.0 Å². The molecule has 0 radical (unpaired) electrons. The van der Waals surface area contributed by atoms with E-state index in [0.29, 0.717) is 22.7 Å². The Morgan fingerprint density at radius 3 is 2.29 bits per heavy atom. The number of hydrogen-bond donors (Lipinski definition) is 0. The van der Waals surface area contributed by atoms with E-state index in [0.717, 1.165) is 15.4 Å².